The third-order valence-electron chi connectivity index (χ3n) is 23.5. The average molecular weight is 1380 g/mol. The molecule has 2 aliphatic heterocycles. The quantitative estimate of drug-likeness (QED) is 0.0811. The zero-order valence-corrected chi connectivity index (χ0v) is 62.7. The SMILES string of the molecule is CC(C)(C)c1ccc(-c2cc3c4c(c2)N(c2c(-c5ccccc5)cc(C(C)(C)C)cc2-c2ccccc2)c2cc(-n5c6ccccc6c6ccccc65)ccc2B4c2cc(-c4cc5cccc6c7cccc8cccc(c(c4)c56)c87)ccc2N3c2c(-c3ccccc3)cc(C(C)(C)C)cc2-c2ccccc2)cc1. The van der Waals surface area contributed by atoms with Crippen LogP contribution in [0.3, 0.4) is 0 Å². The summed E-state index contributed by atoms with van der Waals surface area (Å²) in [5, 5.41) is 12.7. The highest BCUT2D eigenvalue weighted by Crippen LogP contribution is 2.56. The van der Waals surface area contributed by atoms with Crippen LogP contribution in [0.2, 0.25) is 0 Å². The van der Waals surface area contributed by atoms with Crippen molar-refractivity contribution in [3.8, 4) is 72.4 Å². The van der Waals surface area contributed by atoms with Gasteiger partial charge >= 0.3 is 0 Å². The molecule has 0 unspecified atom stereocenters. The van der Waals surface area contributed by atoms with E-state index in [-0.39, 0.29) is 23.0 Å². The van der Waals surface area contributed by atoms with Crippen molar-refractivity contribution in [1.82, 2.24) is 4.57 Å². The smallest absolute Gasteiger partial charge is 0.252 e. The summed E-state index contributed by atoms with van der Waals surface area (Å²) in [7, 11) is 0. The topological polar surface area (TPSA) is 11.4 Å². The molecule has 4 heteroatoms. The lowest BCUT2D eigenvalue weighted by Gasteiger charge is -2.46. The summed E-state index contributed by atoms with van der Waals surface area (Å²) >= 11 is 0. The van der Waals surface area contributed by atoms with Gasteiger partial charge < -0.3 is 14.4 Å². The molecule has 20 rings (SSSR count). The zero-order valence-electron chi connectivity index (χ0n) is 62.7. The second kappa shape index (κ2) is 24.5. The average Bonchev–Trinajstić information content (AvgIpc) is 0.711. The molecular weight excluding hydrogens is 1300 g/mol. The van der Waals surface area contributed by atoms with Crippen molar-refractivity contribution >= 4 is 122 Å². The molecule has 2 aliphatic rings. The molecule has 0 N–H and O–H groups in total. The number of fused-ring (bicyclic) bond motifs is 9. The molecule has 0 saturated heterocycles. The molecule has 0 atom stereocenters. The Morgan fingerprint density at radius 1 is 0.241 bits per heavy atom. The van der Waals surface area contributed by atoms with E-state index in [9.17, 15) is 0 Å². The highest BCUT2D eigenvalue weighted by Gasteiger charge is 2.46. The second-order valence-electron chi connectivity index (χ2n) is 33.2. The molecule has 516 valence electrons. The van der Waals surface area contributed by atoms with E-state index in [0.29, 0.717) is 0 Å². The van der Waals surface area contributed by atoms with Crippen LogP contribution < -0.4 is 26.2 Å². The first kappa shape index (κ1) is 65.1. The van der Waals surface area contributed by atoms with Crippen LogP contribution in [0.1, 0.15) is 79.0 Å². The summed E-state index contributed by atoms with van der Waals surface area (Å²) in [5.74, 6) is 0. The van der Waals surface area contributed by atoms with Crippen LogP contribution >= 0.6 is 0 Å². The van der Waals surface area contributed by atoms with Gasteiger partial charge in [-0.25, -0.2) is 0 Å². The van der Waals surface area contributed by atoms with Crippen LogP contribution in [-0.2, 0) is 16.2 Å². The van der Waals surface area contributed by atoms with Crippen molar-refractivity contribution in [1.29, 1.82) is 0 Å². The number of anilines is 6. The Morgan fingerprint density at radius 3 is 1.13 bits per heavy atom. The summed E-state index contributed by atoms with van der Waals surface area (Å²) in [4.78, 5) is 5.46. The summed E-state index contributed by atoms with van der Waals surface area (Å²) in [5.41, 5.74) is 31.2. The van der Waals surface area contributed by atoms with E-state index in [1.54, 1.807) is 0 Å². The third-order valence-corrected chi connectivity index (χ3v) is 23.5. The van der Waals surface area contributed by atoms with E-state index >= 15 is 0 Å². The first-order chi connectivity index (χ1) is 52.5. The maximum absolute atomic E-state index is 2.74. The number of nitrogens with zero attached hydrogens (tertiary/aromatic N) is 3. The van der Waals surface area contributed by atoms with Crippen LogP contribution in [0, 0.1) is 0 Å². The number of benzene rings is 17. The molecule has 0 aliphatic carbocycles. The van der Waals surface area contributed by atoms with E-state index in [1.165, 1.54) is 120 Å². The highest BCUT2D eigenvalue weighted by molar-refractivity contribution is 7.00. The fourth-order valence-electron chi connectivity index (χ4n) is 18.1. The van der Waals surface area contributed by atoms with Crippen molar-refractivity contribution in [3.05, 3.63) is 350 Å². The zero-order chi connectivity index (χ0) is 73.1. The van der Waals surface area contributed by atoms with Gasteiger partial charge in [0.05, 0.1) is 22.4 Å². The largest absolute Gasteiger partial charge is 0.310 e. The van der Waals surface area contributed by atoms with Gasteiger partial charge in [0, 0.05) is 61.5 Å². The van der Waals surface area contributed by atoms with E-state index < -0.39 is 0 Å². The fraction of sp³-hybridized carbons (Fsp3) is 0.115. The Bertz CT molecular complexity index is 6470. The minimum Gasteiger partial charge on any atom is -0.310 e. The van der Waals surface area contributed by atoms with Gasteiger partial charge in [-0.05, 0) is 216 Å². The minimum absolute atomic E-state index is 0.0599. The molecule has 1 aromatic heterocycles. The summed E-state index contributed by atoms with van der Waals surface area (Å²) < 4.78 is 2.51. The molecule has 3 heterocycles. The van der Waals surface area contributed by atoms with Crippen LogP contribution in [0.25, 0.3) is 137 Å². The molecule has 0 fully saturated rings. The molecule has 18 aromatic rings. The van der Waals surface area contributed by atoms with Crippen molar-refractivity contribution in [2.24, 2.45) is 0 Å². The standard InChI is InChI=1S/C104H82BN3/c1-102(2,3)75-50-47-65(48-51-75)74-58-95-99-96(59-74)108(101-86(68-33-18-12-19-34-68)62-77(104(7,8)9)63-87(101)69-35-20-13-21-36-69)94-64-78(106-91-45-24-22-40-79(91)80-41-23-25-46-92(80)106)52-53-89(94)105(99)90-57-71(73-55-72-39-28-43-82-81-42-26-37-70-38-27-44-83(97(70)81)88(56-73)98(72)82)49-54-93(90)107(95)100-84(66-29-14-10-15-30-66)60-76(103(4,5)6)61-85(100)67-31-16-11-17-32-67/h10-64H,1-9H3. The van der Waals surface area contributed by atoms with Crippen molar-refractivity contribution in [2.75, 3.05) is 9.80 Å². The Kier molecular flexibility index (Phi) is 14.8. The lowest BCUT2D eigenvalue weighted by molar-refractivity contribution is 0.590. The van der Waals surface area contributed by atoms with E-state index in [0.717, 1.165) is 84.3 Å². The van der Waals surface area contributed by atoms with Gasteiger partial charge in [0.15, 0.2) is 0 Å². The summed E-state index contributed by atoms with van der Waals surface area (Å²) in [6.07, 6.45) is 0. The van der Waals surface area contributed by atoms with Crippen LogP contribution in [-0.4, -0.2) is 11.3 Å². The van der Waals surface area contributed by atoms with Gasteiger partial charge in [-0.15, -0.1) is 0 Å². The summed E-state index contributed by atoms with van der Waals surface area (Å²) in [6, 6.07) is 128. The molecule has 0 amide bonds. The number of aromatic nitrogens is 1. The van der Waals surface area contributed by atoms with Gasteiger partial charge in [-0.3, -0.25) is 0 Å². The molecule has 108 heavy (non-hydrogen) atoms. The van der Waals surface area contributed by atoms with Crippen molar-refractivity contribution < 1.29 is 0 Å². The van der Waals surface area contributed by atoms with Gasteiger partial charge in [0.25, 0.3) is 6.71 Å². The first-order valence-electron chi connectivity index (χ1n) is 38.3. The Labute approximate surface area is 633 Å². The predicted molar refractivity (Wildman–Crippen MR) is 465 cm³/mol. The Balaban J connectivity index is 0.977. The lowest BCUT2D eigenvalue weighted by atomic mass is 9.33. The number of para-hydroxylation sites is 2. The van der Waals surface area contributed by atoms with Gasteiger partial charge in [-0.1, -0.05) is 317 Å². The van der Waals surface area contributed by atoms with Gasteiger partial charge in [-0.2, -0.15) is 0 Å². The van der Waals surface area contributed by atoms with E-state index in [4.69, 9.17) is 0 Å². The monoisotopic (exact) mass is 1380 g/mol. The normalized spacial score (nSPS) is 13.0. The molecule has 0 radical (unpaired) electrons. The fourth-order valence-corrected chi connectivity index (χ4v) is 18.1. The highest BCUT2D eigenvalue weighted by atomic mass is 15.2. The third kappa shape index (κ3) is 10.4. The van der Waals surface area contributed by atoms with Crippen LogP contribution in [0.4, 0.5) is 34.1 Å². The number of hydrogen-bond donors (Lipinski definition) is 0. The second-order valence-corrected chi connectivity index (χ2v) is 33.2. The van der Waals surface area contributed by atoms with E-state index in [2.05, 4.69) is 410 Å². The first-order valence-corrected chi connectivity index (χ1v) is 38.3. The number of rotatable bonds is 9. The van der Waals surface area contributed by atoms with Crippen molar-refractivity contribution in [2.45, 2.75) is 78.6 Å². The molecule has 0 bridgehead atoms. The van der Waals surface area contributed by atoms with E-state index in [1.807, 2.05) is 0 Å². The maximum Gasteiger partial charge on any atom is 0.252 e. The van der Waals surface area contributed by atoms with Crippen LogP contribution in [0.15, 0.2) is 334 Å². The van der Waals surface area contributed by atoms with Crippen LogP contribution in [0.5, 0.6) is 0 Å². The molecule has 0 spiro atoms. The molecule has 17 aromatic carbocycles. The predicted octanol–water partition coefficient (Wildman–Crippen LogP) is 26.8. The van der Waals surface area contributed by atoms with Gasteiger partial charge in [0.2, 0.25) is 0 Å². The number of hydrogen-bond acceptors (Lipinski definition) is 2. The lowest BCUT2D eigenvalue weighted by Crippen LogP contribution is -2.61. The Morgan fingerprint density at radius 2 is 0.648 bits per heavy atom. The molecular formula is C104H82BN3. The molecule has 3 nitrogen and oxygen atoms in total. The Hall–Kier alpha value is -12.5. The summed E-state index contributed by atoms with van der Waals surface area (Å²) in [6.45, 7) is 20.8. The maximum atomic E-state index is 2.74. The van der Waals surface area contributed by atoms with Gasteiger partial charge in [0.1, 0.15) is 0 Å². The minimum atomic E-state index is -0.286. The van der Waals surface area contributed by atoms with Crippen molar-refractivity contribution in [3.63, 3.8) is 0 Å². The molecule has 0 saturated carbocycles.